The summed E-state index contributed by atoms with van der Waals surface area (Å²) >= 11 is 0. The van der Waals surface area contributed by atoms with E-state index in [1.54, 1.807) is 0 Å². The smallest absolute Gasteiger partial charge is 0.231 e. The Balaban J connectivity index is 1.39. The Morgan fingerprint density at radius 3 is 2.14 bits per heavy atom. The van der Waals surface area contributed by atoms with Crippen LogP contribution < -0.4 is 5.32 Å². The second-order valence-corrected chi connectivity index (χ2v) is 9.10. The molecule has 1 aliphatic rings. The molecule has 35 heavy (non-hydrogen) atoms. The van der Waals surface area contributed by atoms with Gasteiger partial charge in [-0.05, 0) is 54.5 Å². The zero-order valence-electron chi connectivity index (χ0n) is 19.7. The lowest BCUT2D eigenvalue weighted by atomic mass is 9.72. The van der Waals surface area contributed by atoms with Crippen LogP contribution in [0.1, 0.15) is 42.4 Å². The molecule has 4 rings (SSSR count). The number of hydrogen-bond acceptors (Lipinski definition) is 2. The summed E-state index contributed by atoms with van der Waals surface area (Å²) in [7, 11) is 0. The van der Waals surface area contributed by atoms with Gasteiger partial charge in [-0.3, -0.25) is 9.59 Å². The Hall–Kier alpha value is -3.54. The third-order valence-corrected chi connectivity index (χ3v) is 6.87. The van der Waals surface area contributed by atoms with Crippen LogP contribution in [-0.2, 0) is 28.0 Å². The van der Waals surface area contributed by atoms with Crippen molar-refractivity contribution in [2.45, 2.75) is 44.1 Å². The molecular formula is C29H30F2N2O2. The number of aryl methyl sites for hydroxylation is 1. The topological polar surface area (TPSA) is 49.4 Å². The van der Waals surface area contributed by atoms with Gasteiger partial charge in [-0.2, -0.15) is 0 Å². The number of benzene rings is 3. The van der Waals surface area contributed by atoms with E-state index < -0.39 is 17.0 Å². The molecule has 3 aromatic carbocycles. The van der Waals surface area contributed by atoms with Crippen LogP contribution in [0.3, 0.4) is 0 Å². The van der Waals surface area contributed by atoms with E-state index in [1.807, 2.05) is 53.4 Å². The summed E-state index contributed by atoms with van der Waals surface area (Å²) in [6, 6.07) is 23.3. The fourth-order valence-electron chi connectivity index (χ4n) is 4.79. The van der Waals surface area contributed by atoms with Crippen LogP contribution in [0.15, 0.2) is 78.9 Å². The number of rotatable bonds is 8. The van der Waals surface area contributed by atoms with Crippen molar-refractivity contribution in [1.82, 2.24) is 10.2 Å². The van der Waals surface area contributed by atoms with Gasteiger partial charge < -0.3 is 10.2 Å². The third-order valence-electron chi connectivity index (χ3n) is 6.87. The second kappa shape index (κ2) is 11.3. The summed E-state index contributed by atoms with van der Waals surface area (Å²) in [6.45, 7) is 1.10. The first-order chi connectivity index (χ1) is 17.0. The molecule has 3 aromatic rings. The zero-order chi connectivity index (χ0) is 24.7. The lowest BCUT2D eigenvalue weighted by Gasteiger charge is -2.41. The molecule has 0 unspecified atom stereocenters. The van der Waals surface area contributed by atoms with E-state index in [9.17, 15) is 18.4 Å². The Kier molecular flexibility index (Phi) is 7.91. The molecule has 0 radical (unpaired) electrons. The molecule has 1 fully saturated rings. The van der Waals surface area contributed by atoms with E-state index in [-0.39, 0.29) is 18.4 Å². The van der Waals surface area contributed by atoms with Crippen molar-refractivity contribution in [1.29, 1.82) is 0 Å². The summed E-state index contributed by atoms with van der Waals surface area (Å²) in [6.07, 6.45) is 3.14. The summed E-state index contributed by atoms with van der Waals surface area (Å²) in [5.74, 6) is -1.90. The quantitative estimate of drug-likeness (QED) is 0.488. The van der Waals surface area contributed by atoms with Gasteiger partial charge in [0.2, 0.25) is 11.8 Å². The molecule has 6 heteroatoms. The number of nitrogens with zero attached hydrogens (tertiary/aromatic N) is 1. The van der Waals surface area contributed by atoms with Crippen molar-refractivity contribution in [3.63, 3.8) is 0 Å². The second-order valence-electron chi connectivity index (χ2n) is 9.10. The van der Waals surface area contributed by atoms with E-state index in [4.69, 9.17) is 0 Å². The molecule has 182 valence electrons. The SMILES string of the molecule is O=C(CCCc1ccccc1)N1CCC(C(=O)NCc2ccc(F)c(F)c2)(c2ccccc2)CC1. The van der Waals surface area contributed by atoms with Gasteiger partial charge in [0.25, 0.3) is 0 Å². The Morgan fingerprint density at radius 2 is 1.49 bits per heavy atom. The molecule has 1 N–H and O–H groups in total. The highest BCUT2D eigenvalue weighted by Crippen LogP contribution is 2.36. The lowest BCUT2D eigenvalue weighted by Crippen LogP contribution is -2.52. The molecule has 0 aromatic heterocycles. The van der Waals surface area contributed by atoms with E-state index in [0.29, 0.717) is 37.9 Å². The number of amides is 2. The van der Waals surface area contributed by atoms with Crippen molar-refractivity contribution < 1.29 is 18.4 Å². The maximum atomic E-state index is 13.6. The van der Waals surface area contributed by atoms with E-state index >= 15 is 0 Å². The molecular weight excluding hydrogens is 446 g/mol. The third kappa shape index (κ3) is 5.94. The van der Waals surface area contributed by atoms with Gasteiger partial charge in [-0.25, -0.2) is 8.78 Å². The number of likely N-dealkylation sites (tertiary alicyclic amines) is 1. The summed E-state index contributed by atoms with van der Waals surface area (Å²) in [4.78, 5) is 28.2. The average molecular weight is 477 g/mol. The van der Waals surface area contributed by atoms with Crippen molar-refractivity contribution >= 4 is 11.8 Å². The number of hydrogen-bond donors (Lipinski definition) is 1. The number of carbonyl (C=O) groups excluding carboxylic acids is 2. The van der Waals surface area contributed by atoms with Crippen LogP contribution in [0.5, 0.6) is 0 Å². The maximum Gasteiger partial charge on any atom is 0.231 e. The van der Waals surface area contributed by atoms with Crippen LogP contribution >= 0.6 is 0 Å². The standard InChI is InChI=1S/C29H30F2N2O2/c30-25-15-14-23(20-26(25)31)21-32-28(35)29(24-11-5-2-6-12-24)16-18-33(19-17-29)27(34)13-7-10-22-8-3-1-4-9-22/h1-6,8-9,11-12,14-15,20H,7,10,13,16-19,21H2,(H,32,35). The molecule has 1 aliphatic heterocycles. The van der Waals surface area contributed by atoms with Crippen molar-refractivity contribution in [2.75, 3.05) is 13.1 Å². The van der Waals surface area contributed by atoms with Gasteiger partial charge in [0.05, 0.1) is 5.41 Å². The highest BCUT2D eigenvalue weighted by molar-refractivity contribution is 5.89. The molecule has 2 amide bonds. The minimum Gasteiger partial charge on any atom is -0.351 e. The highest BCUT2D eigenvalue weighted by Gasteiger charge is 2.43. The normalized spacial score (nSPS) is 15.0. The number of nitrogens with one attached hydrogen (secondary N) is 1. The van der Waals surface area contributed by atoms with E-state index in [0.717, 1.165) is 30.5 Å². The Bertz CT molecular complexity index is 1140. The highest BCUT2D eigenvalue weighted by atomic mass is 19.2. The monoisotopic (exact) mass is 476 g/mol. The zero-order valence-corrected chi connectivity index (χ0v) is 19.7. The molecule has 0 spiro atoms. The molecule has 1 heterocycles. The molecule has 0 atom stereocenters. The number of piperidine rings is 1. The predicted octanol–water partition coefficient (Wildman–Crippen LogP) is 5.16. The van der Waals surface area contributed by atoms with Gasteiger partial charge >= 0.3 is 0 Å². The van der Waals surface area contributed by atoms with E-state index in [1.165, 1.54) is 11.6 Å². The molecule has 4 nitrogen and oxygen atoms in total. The van der Waals surface area contributed by atoms with Crippen LogP contribution in [0, 0.1) is 11.6 Å². The molecule has 0 bridgehead atoms. The van der Waals surface area contributed by atoms with Crippen LogP contribution in [-0.4, -0.2) is 29.8 Å². The van der Waals surface area contributed by atoms with Gasteiger partial charge in [-0.15, -0.1) is 0 Å². The van der Waals surface area contributed by atoms with Gasteiger partial charge in [0.15, 0.2) is 11.6 Å². The van der Waals surface area contributed by atoms with Crippen LogP contribution in [0.2, 0.25) is 0 Å². The molecule has 0 saturated carbocycles. The lowest BCUT2D eigenvalue weighted by molar-refractivity contribution is -0.137. The first-order valence-electron chi connectivity index (χ1n) is 12.1. The Labute approximate surface area is 205 Å². The largest absolute Gasteiger partial charge is 0.351 e. The summed E-state index contributed by atoms with van der Waals surface area (Å²) < 4.78 is 26.8. The van der Waals surface area contributed by atoms with Crippen molar-refractivity contribution in [3.8, 4) is 0 Å². The first kappa shape index (κ1) is 24.6. The maximum absolute atomic E-state index is 13.6. The van der Waals surface area contributed by atoms with Crippen LogP contribution in [0.4, 0.5) is 8.78 Å². The summed E-state index contributed by atoms with van der Waals surface area (Å²) in [5, 5.41) is 2.92. The molecule has 0 aliphatic carbocycles. The average Bonchev–Trinajstić information content (AvgIpc) is 2.90. The predicted molar refractivity (Wildman–Crippen MR) is 132 cm³/mol. The van der Waals surface area contributed by atoms with Crippen molar-refractivity contribution in [3.05, 3.63) is 107 Å². The van der Waals surface area contributed by atoms with Gasteiger partial charge in [0, 0.05) is 26.1 Å². The number of carbonyl (C=O) groups is 2. The van der Waals surface area contributed by atoms with Crippen LogP contribution in [0.25, 0.3) is 0 Å². The number of halogens is 2. The van der Waals surface area contributed by atoms with Gasteiger partial charge in [0.1, 0.15) is 0 Å². The minimum atomic E-state index is -0.936. The fourth-order valence-corrected chi connectivity index (χ4v) is 4.79. The van der Waals surface area contributed by atoms with E-state index in [2.05, 4.69) is 17.4 Å². The Morgan fingerprint density at radius 1 is 0.829 bits per heavy atom. The minimum absolute atomic E-state index is 0.104. The molecule has 1 saturated heterocycles. The first-order valence-corrected chi connectivity index (χ1v) is 12.1. The summed E-state index contributed by atoms with van der Waals surface area (Å²) in [5.41, 5.74) is 1.84. The fraction of sp³-hybridized carbons (Fsp3) is 0.310. The van der Waals surface area contributed by atoms with Gasteiger partial charge in [-0.1, -0.05) is 66.7 Å². The van der Waals surface area contributed by atoms with Crippen molar-refractivity contribution in [2.24, 2.45) is 0 Å².